The molecule has 78 valence electrons. The molecule has 1 aromatic heterocycles. The van der Waals surface area contributed by atoms with Gasteiger partial charge in [0.05, 0.1) is 5.52 Å². The van der Waals surface area contributed by atoms with Crippen molar-refractivity contribution in [1.82, 2.24) is 15.0 Å². The molecule has 2 aromatic rings. The summed E-state index contributed by atoms with van der Waals surface area (Å²) in [6.07, 6.45) is 0. The molecule has 0 amide bonds. The lowest BCUT2D eigenvalue weighted by molar-refractivity contribution is 0.530. The monoisotopic (exact) mass is 203 g/mol. The van der Waals surface area contributed by atoms with E-state index in [1.54, 1.807) is 6.07 Å². The zero-order valence-electron chi connectivity index (χ0n) is 8.73. The Balaban J connectivity index is 2.66. The van der Waals surface area contributed by atoms with Crippen molar-refractivity contribution in [2.75, 3.05) is 0 Å². The Morgan fingerprint density at radius 1 is 1.47 bits per heavy atom. The molecule has 0 bridgehead atoms. The second-order valence-electron chi connectivity index (χ2n) is 3.74. The van der Waals surface area contributed by atoms with Crippen LogP contribution < -0.4 is 5.73 Å². The van der Waals surface area contributed by atoms with Gasteiger partial charge in [0.2, 0.25) is 0 Å². The van der Waals surface area contributed by atoms with Gasteiger partial charge < -0.3 is 5.73 Å². The highest BCUT2D eigenvalue weighted by molar-refractivity contribution is 5.97. The quantitative estimate of drug-likeness (QED) is 0.570. The summed E-state index contributed by atoms with van der Waals surface area (Å²) >= 11 is 0. The molecule has 2 rings (SSSR count). The molecule has 1 aromatic carbocycles. The molecule has 0 atom stereocenters. The van der Waals surface area contributed by atoms with E-state index in [1.165, 1.54) is 0 Å². The van der Waals surface area contributed by atoms with Gasteiger partial charge in [-0.3, -0.25) is 5.41 Å². The van der Waals surface area contributed by atoms with E-state index in [4.69, 9.17) is 11.1 Å². The van der Waals surface area contributed by atoms with E-state index in [1.807, 2.05) is 30.7 Å². The summed E-state index contributed by atoms with van der Waals surface area (Å²) in [7, 11) is 0. The van der Waals surface area contributed by atoms with Crippen LogP contribution in [-0.2, 0) is 0 Å². The fourth-order valence-electron chi connectivity index (χ4n) is 1.49. The summed E-state index contributed by atoms with van der Waals surface area (Å²) in [5.41, 5.74) is 7.88. The smallest absolute Gasteiger partial charge is 0.122 e. The topological polar surface area (TPSA) is 80.6 Å². The lowest BCUT2D eigenvalue weighted by atomic mass is 10.2. The van der Waals surface area contributed by atoms with Crippen molar-refractivity contribution in [3.8, 4) is 0 Å². The Morgan fingerprint density at radius 3 is 2.80 bits per heavy atom. The molecule has 1 heterocycles. The van der Waals surface area contributed by atoms with E-state index >= 15 is 0 Å². The van der Waals surface area contributed by atoms with Gasteiger partial charge in [0.1, 0.15) is 11.4 Å². The number of fused-ring (bicyclic) bond motifs is 1. The summed E-state index contributed by atoms with van der Waals surface area (Å²) in [6, 6.07) is 5.71. The number of benzene rings is 1. The minimum atomic E-state index is 0.0633. The summed E-state index contributed by atoms with van der Waals surface area (Å²) in [5, 5.41) is 15.5. The van der Waals surface area contributed by atoms with E-state index in [0.717, 1.165) is 11.0 Å². The number of aromatic nitrogens is 3. The fourth-order valence-corrected chi connectivity index (χ4v) is 1.49. The molecule has 0 aliphatic rings. The Labute approximate surface area is 87.4 Å². The molecule has 0 saturated carbocycles. The number of nitrogens with one attached hydrogen (secondary N) is 1. The zero-order valence-corrected chi connectivity index (χ0v) is 8.73. The van der Waals surface area contributed by atoms with Gasteiger partial charge in [0.15, 0.2) is 0 Å². The van der Waals surface area contributed by atoms with Crippen molar-refractivity contribution < 1.29 is 0 Å². The van der Waals surface area contributed by atoms with E-state index in [9.17, 15) is 0 Å². The largest absolute Gasteiger partial charge is 0.384 e. The maximum Gasteiger partial charge on any atom is 0.122 e. The molecule has 0 fully saturated rings. The standard InChI is InChI=1S/C10H13N5/c1-6(2)15-9-5-7(10(11)12)3-4-8(9)13-14-15/h3-6H,1-2H3,(H3,11,12). The number of hydrogen-bond acceptors (Lipinski definition) is 3. The lowest BCUT2D eigenvalue weighted by Gasteiger charge is -2.05. The van der Waals surface area contributed by atoms with Gasteiger partial charge in [0, 0.05) is 11.6 Å². The van der Waals surface area contributed by atoms with Crippen LogP contribution in [0.25, 0.3) is 11.0 Å². The molecule has 0 unspecified atom stereocenters. The molecule has 5 nitrogen and oxygen atoms in total. The van der Waals surface area contributed by atoms with E-state index in [0.29, 0.717) is 5.56 Å². The highest BCUT2D eigenvalue weighted by atomic mass is 15.4. The first-order valence-corrected chi connectivity index (χ1v) is 4.79. The minimum Gasteiger partial charge on any atom is -0.384 e. The van der Waals surface area contributed by atoms with Crippen LogP contribution >= 0.6 is 0 Å². The van der Waals surface area contributed by atoms with Gasteiger partial charge >= 0.3 is 0 Å². The third-order valence-corrected chi connectivity index (χ3v) is 2.27. The first-order valence-electron chi connectivity index (χ1n) is 4.79. The Morgan fingerprint density at radius 2 is 2.20 bits per heavy atom. The van der Waals surface area contributed by atoms with Crippen molar-refractivity contribution >= 4 is 16.9 Å². The molecule has 0 saturated heterocycles. The third-order valence-electron chi connectivity index (χ3n) is 2.27. The maximum atomic E-state index is 7.37. The van der Waals surface area contributed by atoms with Crippen LogP contribution in [-0.4, -0.2) is 20.8 Å². The predicted molar refractivity (Wildman–Crippen MR) is 58.9 cm³/mol. The Hall–Kier alpha value is -1.91. The van der Waals surface area contributed by atoms with Crippen LogP contribution in [0.3, 0.4) is 0 Å². The molecule has 3 N–H and O–H groups in total. The van der Waals surface area contributed by atoms with Crippen LogP contribution in [0.2, 0.25) is 0 Å². The normalized spacial score (nSPS) is 11.1. The van der Waals surface area contributed by atoms with Gasteiger partial charge in [-0.1, -0.05) is 5.21 Å². The molecule has 0 spiro atoms. The Kier molecular flexibility index (Phi) is 2.15. The van der Waals surface area contributed by atoms with Gasteiger partial charge in [0.25, 0.3) is 0 Å². The van der Waals surface area contributed by atoms with Crippen molar-refractivity contribution in [2.24, 2.45) is 5.73 Å². The molecule has 5 heteroatoms. The van der Waals surface area contributed by atoms with Crippen molar-refractivity contribution in [1.29, 1.82) is 5.41 Å². The first kappa shape index (κ1) is 9.64. The number of nitrogen functional groups attached to an aromatic ring is 1. The van der Waals surface area contributed by atoms with E-state index in [2.05, 4.69) is 10.3 Å². The number of amidine groups is 1. The van der Waals surface area contributed by atoms with Crippen LogP contribution in [0, 0.1) is 5.41 Å². The van der Waals surface area contributed by atoms with Gasteiger partial charge in [-0.15, -0.1) is 5.10 Å². The first-order chi connectivity index (χ1) is 7.09. The number of rotatable bonds is 2. The number of nitrogens with zero attached hydrogens (tertiary/aromatic N) is 3. The SMILES string of the molecule is CC(C)n1nnc2ccc(C(=N)N)cc21. The van der Waals surface area contributed by atoms with Gasteiger partial charge in [-0.2, -0.15) is 0 Å². The van der Waals surface area contributed by atoms with E-state index in [-0.39, 0.29) is 11.9 Å². The van der Waals surface area contributed by atoms with Gasteiger partial charge in [-0.25, -0.2) is 4.68 Å². The molecular weight excluding hydrogens is 190 g/mol. The molecule has 0 aliphatic heterocycles. The summed E-state index contributed by atoms with van der Waals surface area (Å²) in [5.74, 6) is 0.0633. The van der Waals surface area contributed by atoms with Crippen LogP contribution in [0.1, 0.15) is 25.5 Å². The van der Waals surface area contributed by atoms with Crippen LogP contribution in [0.5, 0.6) is 0 Å². The maximum absolute atomic E-state index is 7.37. The van der Waals surface area contributed by atoms with Crippen molar-refractivity contribution in [2.45, 2.75) is 19.9 Å². The number of nitrogens with two attached hydrogens (primary N) is 1. The summed E-state index contributed by atoms with van der Waals surface area (Å²) < 4.78 is 1.82. The van der Waals surface area contributed by atoms with Crippen molar-refractivity contribution in [3.63, 3.8) is 0 Å². The van der Waals surface area contributed by atoms with Gasteiger partial charge in [-0.05, 0) is 32.0 Å². The second kappa shape index (κ2) is 3.34. The molecule has 15 heavy (non-hydrogen) atoms. The second-order valence-corrected chi connectivity index (χ2v) is 3.74. The highest BCUT2D eigenvalue weighted by Crippen LogP contribution is 2.16. The minimum absolute atomic E-state index is 0.0633. The highest BCUT2D eigenvalue weighted by Gasteiger charge is 2.08. The van der Waals surface area contributed by atoms with Crippen LogP contribution in [0.4, 0.5) is 0 Å². The van der Waals surface area contributed by atoms with Crippen LogP contribution in [0.15, 0.2) is 18.2 Å². The zero-order chi connectivity index (χ0) is 11.0. The fraction of sp³-hybridized carbons (Fsp3) is 0.300. The van der Waals surface area contributed by atoms with Crippen molar-refractivity contribution in [3.05, 3.63) is 23.8 Å². The van der Waals surface area contributed by atoms with E-state index < -0.39 is 0 Å². The predicted octanol–water partition coefficient (Wildman–Crippen LogP) is 1.30. The summed E-state index contributed by atoms with van der Waals surface area (Å²) in [4.78, 5) is 0. The average molecular weight is 203 g/mol. The average Bonchev–Trinajstić information content (AvgIpc) is 2.59. The summed E-state index contributed by atoms with van der Waals surface area (Å²) in [6.45, 7) is 4.07. The molecule has 0 radical (unpaired) electrons. The molecule has 0 aliphatic carbocycles. The lowest BCUT2D eigenvalue weighted by Crippen LogP contribution is -2.11. The Bertz CT molecular complexity index is 512. The molecular formula is C10H13N5. The third kappa shape index (κ3) is 1.56. The number of hydrogen-bond donors (Lipinski definition) is 2.